The Hall–Kier alpha value is -1.99. The van der Waals surface area contributed by atoms with Crippen LogP contribution >= 0.6 is 0 Å². The molecule has 4 heteroatoms. The summed E-state index contributed by atoms with van der Waals surface area (Å²) in [6.07, 6.45) is 5.00. The summed E-state index contributed by atoms with van der Waals surface area (Å²) in [5, 5.41) is 8.67. The Bertz CT molecular complexity index is 375. The smallest absolute Gasteiger partial charge is 0.335 e. The highest BCUT2D eigenvalue weighted by Gasteiger charge is 2.01. The fourth-order valence-electron chi connectivity index (χ4n) is 1.04. The maximum Gasteiger partial charge on any atom is 0.335 e. The van der Waals surface area contributed by atoms with Gasteiger partial charge >= 0.3 is 5.97 Å². The van der Waals surface area contributed by atoms with Gasteiger partial charge in [0, 0.05) is 0 Å². The normalized spacial score (nSPS) is 9.44. The molecule has 0 saturated heterocycles. The van der Waals surface area contributed by atoms with Gasteiger partial charge < -0.3 is 14.6 Å². The summed E-state index contributed by atoms with van der Waals surface area (Å²) >= 11 is 0. The molecule has 4 nitrogen and oxygen atoms in total. The van der Waals surface area contributed by atoms with Crippen molar-refractivity contribution in [3.05, 3.63) is 29.8 Å². The second-order valence-electron chi connectivity index (χ2n) is 2.93. The minimum absolute atomic E-state index is 0.232. The Morgan fingerprint density at radius 3 is 2.56 bits per heavy atom. The van der Waals surface area contributed by atoms with Crippen molar-refractivity contribution in [3.63, 3.8) is 0 Å². The maximum absolute atomic E-state index is 10.6. The first-order valence-corrected chi connectivity index (χ1v) is 4.71. The molecule has 84 valence electrons. The number of benzene rings is 1. The van der Waals surface area contributed by atoms with Gasteiger partial charge in [0.05, 0.1) is 12.2 Å². The molecule has 16 heavy (non-hydrogen) atoms. The SMILES string of the molecule is C#CCOCCOc1ccc(C(=O)O)cc1. The minimum atomic E-state index is -0.955. The Balaban J connectivity index is 2.33. The number of carbonyl (C=O) groups is 1. The molecule has 0 atom stereocenters. The first-order chi connectivity index (χ1) is 7.74. The summed E-state index contributed by atoms with van der Waals surface area (Å²) in [5.74, 6) is 1.99. The van der Waals surface area contributed by atoms with E-state index in [0.717, 1.165) is 0 Å². The van der Waals surface area contributed by atoms with Gasteiger partial charge in [-0.2, -0.15) is 0 Å². The maximum atomic E-state index is 10.6. The molecule has 0 spiro atoms. The number of hydrogen-bond donors (Lipinski definition) is 1. The van der Waals surface area contributed by atoms with Crippen molar-refractivity contribution >= 4 is 5.97 Å². The van der Waals surface area contributed by atoms with Gasteiger partial charge in [-0.15, -0.1) is 6.42 Å². The highest BCUT2D eigenvalue weighted by atomic mass is 16.5. The Labute approximate surface area is 93.8 Å². The molecule has 0 fully saturated rings. The van der Waals surface area contributed by atoms with Gasteiger partial charge in [-0.3, -0.25) is 0 Å². The van der Waals surface area contributed by atoms with Gasteiger partial charge in [0.15, 0.2) is 0 Å². The number of carboxylic acid groups (broad SMARTS) is 1. The lowest BCUT2D eigenvalue weighted by molar-refractivity contribution is 0.0697. The topological polar surface area (TPSA) is 55.8 Å². The van der Waals surface area contributed by atoms with Crippen LogP contribution in [0.15, 0.2) is 24.3 Å². The molecule has 0 bridgehead atoms. The van der Waals surface area contributed by atoms with E-state index in [4.69, 9.17) is 21.0 Å². The zero-order chi connectivity index (χ0) is 11.8. The van der Waals surface area contributed by atoms with E-state index >= 15 is 0 Å². The van der Waals surface area contributed by atoms with Crippen LogP contribution in [0.2, 0.25) is 0 Å². The average molecular weight is 220 g/mol. The van der Waals surface area contributed by atoms with Gasteiger partial charge in [0.1, 0.15) is 19.0 Å². The lowest BCUT2D eigenvalue weighted by Gasteiger charge is -2.05. The number of hydrogen-bond acceptors (Lipinski definition) is 3. The van der Waals surface area contributed by atoms with Crippen LogP contribution in [0.25, 0.3) is 0 Å². The first-order valence-electron chi connectivity index (χ1n) is 4.71. The molecule has 0 heterocycles. The summed E-state index contributed by atoms with van der Waals surface area (Å²) in [7, 11) is 0. The van der Waals surface area contributed by atoms with E-state index in [1.54, 1.807) is 12.1 Å². The van der Waals surface area contributed by atoms with Gasteiger partial charge in [-0.25, -0.2) is 4.79 Å². The Morgan fingerprint density at radius 2 is 2.00 bits per heavy atom. The molecule has 0 amide bonds. The van der Waals surface area contributed by atoms with E-state index < -0.39 is 5.97 Å². The standard InChI is InChI=1S/C12H12O4/c1-2-7-15-8-9-16-11-5-3-10(4-6-11)12(13)14/h1,3-6H,7-9H2,(H,13,14). The molecule has 0 unspecified atom stereocenters. The van der Waals surface area contributed by atoms with E-state index in [0.29, 0.717) is 19.0 Å². The molecule has 0 aromatic heterocycles. The van der Waals surface area contributed by atoms with Gasteiger partial charge in [-0.05, 0) is 24.3 Å². The zero-order valence-corrected chi connectivity index (χ0v) is 8.68. The van der Waals surface area contributed by atoms with Crippen LogP contribution in [0.1, 0.15) is 10.4 Å². The Kier molecular flexibility index (Phi) is 4.90. The summed E-state index contributed by atoms with van der Waals surface area (Å²) in [5.41, 5.74) is 0.232. The van der Waals surface area contributed by atoms with E-state index in [-0.39, 0.29) is 12.2 Å². The van der Waals surface area contributed by atoms with Crippen molar-refractivity contribution in [2.24, 2.45) is 0 Å². The number of aromatic carboxylic acids is 1. The van der Waals surface area contributed by atoms with Crippen LogP contribution in [-0.4, -0.2) is 30.9 Å². The molecule has 1 aromatic carbocycles. The minimum Gasteiger partial charge on any atom is -0.491 e. The molecular weight excluding hydrogens is 208 g/mol. The highest BCUT2D eigenvalue weighted by Crippen LogP contribution is 2.11. The van der Waals surface area contributed by atoms with Gasteiger partial charge in [-0.1, -0.05) is 5.92 Å². The summed E-state index contributed by atoms with van der Waals surface area (Å²) in [6, 6.07) is 6.18. The van der Waals surface area contributed by atoms with Crippen LogP contribution < -0.4 is 4.74 Å². The summed E-state index contributed by atoms with van der Waals surface area (Å²) in [4.78, 5) is 10.6. The van der Waals surface area contributed by atoms with E-state index in [1.165, 1.54) is 12.1 Å². The second kappa shape index (κ2) is 6.49. The van der Waals surface area contributed by atoms with Crippen molar-refractivity contribution < 1.29 is 19.4 Å². The van der Waals surface area contributed by atoms with Crippen LogP contribution in [-0.2, 0) is 4.74 Å². The van der Waals surface area contributed by atoms with Crippen LogP contribution in [0, 0.1) is 12.3 Å². The molecular formula is C12H12O4. The number of ether oxygens (including phenoxy) is 2. The second-order valence-corrected chi connectivity index (χ2v) is 2.93. The molecule has 0 radical (unpaired) electrons. The number of rotatable bonds is 6. The third-order valence-corrected chi connectivity index (χ3v) is 1.78. The monoisotopic (exact) mass is 220 g/mol. The predicted octanol–water partition coefficient (Wildman–Crippen LogP) is 1.41. The van der Waals surface area contributed by atoms with E-state index in [1.807, 2.05) is 0 Å². The quantitative estimate of drug-likeness (QED) is 0.581. The van der Waals surface area contributed by atoms with Crippen LogP contribution in [0.3, 0.4) is 0 Å². The summed E-state index contributed by atoms with van der Waals surface area (Å²) < 4.78 is 10.3. The Morgan fingerprint density at radius 1 is 1.31 bits per heavy atom. The lowest BCUT2D eigenvalue weighted by atomic mass is 10.2. The van der Waals surface area contributed by atoms with Crippen LogP contribution in [0.5, 0.6) is 5.75 Å². The number of carboxylic acids is 1. The fourth-order valence-corrected chi connectivity index (χ4v) is 1.04. The van der Waals surface area contributed by atoms with Crippen molar-refractivity contribution in [1.29, 1.82) is 0 Å². The van der Waals surface area contributed by atoms with E-state index in [2.05, 4.69) is 5.92 Å². The lowest BCUT2D eigenvalue weighted by Crippen LogP contribution is -2.06. The van der Waals surface area contributed by atoms with Crippen LogP contribution in [0.4, 0.5) is 0 Å². The third-order valence-electron chi connectivity index (χ3n) is 1.78. The van der Waals surface area contributed by atoms with Gasteiger partial charge in [0.25, 0.3) is 0 Å². The zero-order valence-electron chi connectivity index (χ0n) is 8.68. The van der Waals surface area contributed by atoms with Crippen molar-refractivity contribution in [1.82, 2.24) is 0 Å². The first kappa shape index (κ1) is 12.1. The van der Waals surface area contributed by atoms with Gasteiger partial charge in [0.2, 0.25) is 0 Å². The molecule has 0 saturated carbocycles. The highest BCUT2D eigenvalue weighted by molar-refractivity contribution is 5.87. The largest absolute Gasteiger partial charge is 0.491 e. The predicted molar refractivity (Wildman–Crippen MR) is 58.5 cm³/mol. The van der Waals surface area contributed by atoms with E-state index in [9.17, 15) is 4.79 Å². The molecule has 0 aliphatic heterocycles. The molecule has 0 aliphatic carbocycles. The molecule has 0 aliphatic rings. The molecule has 1 aromatic rings. The molecule has 1 rings (SSSR count). The van der Waals surface area contributed by atoms with Crippen molar-refractivity contribution in [2.45, 2.75) is 0 Å². The molecule has 1 N–H and O–H groups in total. The number of terminal acetylenes is 1. The fraction of sp³-hybridized carbons (Fsp3) is 0.250. The van der Waals surface area contributed by atoms with Crippen molar-refractivity contribution in [3.8, 4) is 18.1 Å². The third kappa shape index (κ3) is 4.03. The summed E-state index contributed by atoms with van der Waals surface area (Å²) in [6.45, 7) is 1.06. The van der Waals surface area contributed by atoms with Crippen molar-refractivity contribution in [2.75, 3.05) is 19.8 Å². The average Bonchev–Trinajstić information content (AvgIpc) is 2.29.